The van der Waals surface area contributed by atoms with Gasteiger partial charge in [-0.05, 0) is 37.1 Å². The van der Waals surface area contributed by atoms with Gasteiger partial charge in [-0.25, -0.2) is 0 Å². The number of anilines is 1. The largest absolute Gasteiger partial charge is 0.326 e. The van der Waals surface area contributed by atoms with E-state index in [-0.39, 0.29) is 24.2 Å². The van der Waals surface area contributed by atoms with Crippen LogP contribution in [-0.2, 0) is 4.79 Å². The Hall–Kier alpha value is -1.06. The first-order valence-electron chi connectivity index (χ1n) is 5.43. The number of para-hydroxylation sites is 1. The topological polar surface area (TPSA) is 41.1 Å². The summed E-state index contributed by atoms with van der Waals surface area (Å²) in [6.07, 6.45) is 0. The minimum absolute atomic E-state index is 0. The molecule has 0 spiro atoms. The third-order valence-electron chi connectivity index (χ3n) is 3.44. The second-order valence-electron chi connectivity index (χ2n) is 4.37. The minimum Gasteiger partial charge on any atom is -0.326 e. The molecule has 3 nitrogen and oxygen atoms in total. The standard InChI is InChI=1S/C12H14N2O.ClH/c15-12(11-9-6-13-7-10(9)11)14-8-4-2-1-3-5-8;/h1-5,9-11,13H,6-7H2,(H,14,15);1H/t9-,10+,11?;. The first-order valence-corrected chi connectivity index (χ1v) is 5.43. The highest BCUT2D eigenvalue weighted by atomic mass is 35.5. The molecule has 0 radical (unpaired) electrons. The molecule has 1 aromatic rings. The average molecular weight is 239 g/mol. The number of hydrogen-bond donors (Lipinski definition) is 2. The molecule has 1 amide bonds. The van der Waals surface area contributed by atoms with Crippen LogP contribution in [0.1, 0.15) is 0 Å². The van der Waals surface area contributed by atoms with Crippen molar-refractivity contribution in [1.29, 1.82) is 0 Å². The average Bonchev–Trinajstić information content (AvgIpc) is 2.75. The molecule has 1 aliphatic carbocycles. The monoisotopic (exact) mass is 238 g/mol. The van der Waals surface area contributed by atoms with E-state index in [4.69, 9.17) is 0 Å². The van der Waals surface area contributed by atoms with E-state index in [1.54, 1.807) is 0 Å². The number of carbonyl (C=O) groups is 1. The van der Waals surface area contributed by atoms with Crippen LogP contribution < -0.4 is 10.6 Å². The molecule has 1 saturated heterocycles. The van der Waals surface area contributed by atoms with Crippen LogP contribution >= 0.6 is 12.4 Å². The maximum atomic E-state index is 11.8. The minimum atomic E-state index is 0. The van der Waals surface area contributed by atoms with E-state index < -0.39 is 0 Å². The van der Waals surface area contributed by atoms with Crippen LogP contribution in [0.3, 0.4) is 0 Å². The quantitative estimate of drug-likeness (QED) is 0.820. The second kappa shape index (κ2) is 4.44. The lowest BCUT2D eigenvalue weighted by atomic mass is 10.2. The number of halogens is 1. The summed E-state index contributed by atoms with van der Waals surface area (Å²) in [5, 5.41) is 6.26. The van der Waals surface area contributed by atoms with Crippen molar-refractivity contribution in [2.24, 2.45) is 17.8 Å². The van der Waals surface area contributed by atoms with Gasteiger partial charge in [-0.15, -0.1) is 12.4 Å². The van der Waals surface area contributed by atoms with Gasteiger partial charge in [-0.2, -0.15) is 0 Å². The number of amides is 1. The van der Waals surface area contributed by atoms with Gasteiger partial charge < -0.3 is 10.6 Å². The Kier molecular flexibility index (Phi) is 3.17. The van der Waals surface area contributed by atoms with Crippen LogP contribution in [0, 0.1) is 17.8 Å². The Morgan fingerprint density at radius 1 is 1.19 bits per heavy atom. The Morgan fingerprint density at radius 2 is 1.81 bits per heavy atom. The van der Waals surface area contributed by atoms with E-state index in [1.807, 2.05) is 30.3 Å². The van der Waals surface area contributed by atoms with Crippen LogP contribution in [0.4, 0.5) is 5.69 Å². The molecule has 3 atom stereocenters. The number of rotatable bonds is 2. The van der Waals surface area contributed by atoms with Crippen molar-refractivity contribution in [3.05, 3.63) is 30.3 Å². The van der Waals surface area contributed by atoms with Crippen molar-refractivity contribution < 1.29 is 4.79 Å². The van der Waals surface area contributed by atoms with E-state index >= 15 is 0 Å². The van der Waals surface area contributed by atoms with Crippen LogP contribution in [0.25, 0.3) is 0 Å². The van der Waals surface area contributed by atoms with Gasteiger partial charge >= 0.3 is 0 Å². The van der Waals surface area contributed by atoms with Crippen molar-refractivity contribution in [3.8, 4) is 0 Å². The van der Waals surface area contributed by atoms with Crippen LogP contribution in [0.15, 0.2) is 30.3 Å². The Bertz CT molecular complexity index is 372. The molecule has 1 aliphatic heterocycles. The Balaban J connectivity index is 0.000000963. The number of hydrogen-bond acceptors (Lipinski definition) is 2. The molecular formula is C12H15ClN2O. The van der Waals surface area contributed by atoms with Gasteiger partial charge in [0.1, 0.15) is 0 Å². The fraction of sp³-hybridized carbons (Fsp3) is 0.417. The Labute approximate surface area is 101 Å². The molecule has 3 rings (SSSR count). The van der Waals surface area contributed by atoms with Gasteiger partial charge in [0.2, 0.25) is 5.91 Å². The fourth-order valence-corrected chi connectivity index (χ4v) is 2.55. The van der Waals surface area contributed by atoms with Gasteiger partial charge in [0.15, 0.2) is 0 Å². The van der Waals surface area contributed by atoms with E-state index in [9.17, 15) is 4.79 Å². The highest BCUT2D eigenvalue weighted by Crippen LogP contribution is 2.49. The van der Waals surface area contributed by atoms with Crippen molar-refractivity contribution in [2.45, 2.75) is 0 Å². The predicted molar refractivity (Wildman–Crippen MR) is 65.7 cm³/mol. The molecule has 2 aliphatic rings. The summed E-state index contributed by atoms with van der Waals surface area (Å²) >= 11 is 0. The first kappa shape index (κ1) is 11.4. The van der Waals surface area contributed by atoms with Gasteiger partial charge in [0.05, 0.1) is 0 Å². The lowest BCUT2D eigenvalue weighted by Gasteiger charge is -2.06. The molecule has 0 bridgehead atoms. The number of fused-ring (bicyclic) bond motifs is 1. The zero-order valence-electron chi connectivity index (χ0n) is 8.85. The van der Waals surface area contributed by atoms with Crippen LogP contribution in [0.2, 0.25) is 0 Å². The molecular weight excluding hydrogens is 224 g/mol. The summed E-state index contributed by atoms with van der Waals surface area (Å²) in [7, 11) is 0. The molecule has 1 saturated carbocycles. The Morgan fingerprint density at radius 3 is 2.44 bits per heavy atom. The van der Waals surface area contributed by atoms with E-state index in [0.717, 1.165) is 18.8 Å². The molecule has 86 valence electrons. The maximum Gasteiger partial charge on any atom is 0.228 e. The fourth-order valence-electron chi connectivity index (χ4n) is 2.55. The van der Waals surface area contributed by atoms with Gasteiger partial charge in [-0.1, -0.05) is 18.2 Å². The van der Waals surface area contributed by atoms with Crippen molar-refractivity contribution >= 4 is 24.0 Å². The molecule has 2 N–H and O–H groups in total. The van der Waals surface area contributed by atoms with Crippen molar-refractivity contribution in [3.63, 3.8) is 0 Å². The summed E-state index contributed by atoms with van der Waals surface area (Å²) in [5.41, 5.74) is 0.903. The third-order valence-corrected chi connectivity index (χ3v) is 3.44. The molecule has 4 heteroatoms. The van der Waals surface area contributed by atoms with Crippen molar-refractivity contribution in [2.75, 3.05) is 18.4 Å². The summed E-state index contributed by atoms with van der Waals surface area (Å²) in [4.78, 5) is 11.8. The van der Waals surface area contributed by atoms with E-state index in [2.05, 4.69) is 10.6 Å². The predicted octanol–water partition coefficient (Wildman–Crippen LogP) is 1.51. The van der Waals surface area contributed by atoms with E-state index in [0.29, 0.717) is 11.8 Å². The lowest BCUT2D eigenvalue weighted by Crippen LogP contribution is -2.23. The number of carbonyl (C=O) groups excluding carboxylic acids is 1. The summed E-state index contributed by atoms with van der Waals surface area (Å²) < 4.78 is 0. The van der Waals surface area contributed by atoms with Crippen LogP contribution in [0.5, 0.6) is 0 Å². The van der Waals surface area contributed by atoms with Crippen molar-refractivity contribution in [1.82, 2.24) is 5.32 Å². The summed E-state index contributed by atoms with van der Waals surface area (Å²) in [6, 6.07) is 9.67. The van der Waals surface area contributed by atoms with Gasteiger partial charge in [0, 0.05) is 11.6 Å². The maximum absolute atomic E-state index is 11.8. The highest BCUT2D eigenvalue weighted by molar-refractivity contribution is 5.95. The zero-order chi connectivity index (χ0) is 10.3. The first-order chi connectivity index (χ1) is 7.36. The number of piperidine rings is 1. The van der Waals surface area contributed by atoms with Gasteiger partial charge in [-0.3, -0.25) is 4.79 Å². The number of nitrogens with one attached hydrogen (secondary N) is 2. The van der Waals surface area contributed by atoms with E-state index in [1.165, 1.54) is 0 Å². The normalized spacial score (nSPS) is 30.1. The lowest BCUT2D eigenvalue weighted by molar-refractivity contribution is -0.118. The molecule has 16 heavy (non-hydrogen) atoms. The van der Waals surface area contributed by atoms with Crippen LogP contribution in [-0.4, -0.2) is 19.0 Å². The summed E-state index contributed by atoms with van der Waals surface area (Å²) in [5.74, 6) is 1.63. The number of benzene rings is 1. The summed E-state index contributed by atoms with van der Waals surface area (Å²) in [6.45, 7) is 2.02. The highest BCUT2D eigenvalue weighted by Gasteiger charge is 2.56. The second-order valence-corrected chi connectivity index (χ2v) is 4.37. The molecule has 1 unspecified atom stereocenters. The molecule has 2 fully saturated rings. The van der Waals surface area contributed by atoms with Gasteiger partial charge in [0.25, 0.3) is 0 Å². The smallest absolute Gasteiger partial charge is 0.228 e. The third kappa shape index (κ3) is 1.93. The molecule has 1 aromatic carbocycles. The zero-order valence-corrected chi connectivity index (χ0v) is 9.67. The molecule has 0 aromatic heterocycles. The SMILES string of the molecule is Cl.O=C(Nc1ccccc1)C1[C@H]2CNC[C@@H]12. The molecule has 1 heterocycles.